The smallest absolute Gasteiger partial charge is 0.241 e. The molecule has 1 aliphatic rings. The molecule has 5 nitrogen and oxygen atoms in total. The van der Waals surface area contributed by atoms with Gasteiger partial charge in [0.25, 0.3) is 0 Å². The average Bonchev–Trinajstić information content (AvgIpc) is 2.48. The molecule has 2 rings (SSSR count). The van der Waals surface area contributed by atoms with E-state index in [1.807, 2.05) is 0 Å². The first-order chi connectivity index (χ1) is 9.90. The van der Waals surface area contributed by atoms with Gasteiger partial charge in [-0.3, -0.25) is 4.79 Å². The van der Waals surface area contributed by atoms with E-state index in [0.717, 1.165) is 19.3 Å². The Morgan fingerprint density at radius 3 is 2.43 bits per heavy atom. The van der Waals surface area contributed by atoms with E-state index in [2.05, 4.69) is 4.72 Å². The molecule has 1 heterocycles. The molecule has 0 aromatic heterocycles. The van der Waals surface area contributed by atoms with Crippen molar-refractivity contribution < 1.29 is 13.2 Å². The van der Waals surface area contributed by atoms with Gasteiger partial charge in [-0.25, -0.2) is 13.1 Å². The van der Waals surface area contributed by atoms with E-state index < -0.39 is 10.0 Å². The molecule has 21 heavy (non-hydrogen) atoms. The Labute approximate surface area is 134 Å². The highest BCUT2D eigenvalue weighted by Crippen LogP contribution is 2.24. The molecule has 1 saturated heterocycles. The fraction of sp³-hybridized carbons (Fsp3) is 0.462. The van der Waals surface area contributed by atoms with Gasteiger partial charge < -0.3 is 4.90 Å². The number of nitrogens with one attached hydrogen (secondary N) is 1. The van der Waals surface area contributed by atoms with Crippen molar-refractivity contribution >= 4 is 39.1 Å². The van der Waals surface area contributed by atoms with Gasteiger partial charge in [0, 0.05) is 13.1 Å². The van der Waals surface area contributed by atoms with E-state index in [1.54, 1.807) is 4.90 Å². The highest BCUT2D eigenvalue weighted by molar-refractivity contribution is 7.89. The van der Waals surface area contributed by atoms with E-state index >= 15 is 0 Å². The fourth-order valence-corrected chi connectivity index (χ4v) is 3.50. The molecule has 1 aliphatic heterocycles. The molecular weight excluding hydrogens is 335 g/mol. The summed E-state index contributed by atoms with van der Waals surface area (Å²) in [6, 6.07) is 4.02. The summed E-state index contributed by atoms with van der Waals surface area (Å²) in [6.07, 6.45) is 3.04. The Balaban J connectivity index is 2.00. The van der Waals surface area contributed by atoms with E-state index in [9.17, 15) is 13.2 Å². The number of hydrogen-bond acceptors (Lipinski definition) is 3. The largest absolute Gasteiger partial charge is 0.342 e. The van der Waals surface area contributed by atoms with Gasteiger partial charge in [0.15, 0.2) is 0 Å². The van der Waals surface area contributed by atoms with Gasteiger partial charge in [0.1, 0.15) is 0 Å². The maximum Gasteiger partial charge on any atom is 0.241 e. The Bertz CT molecular complexity index is 628. The van der Waals surface area contributed by atoms with Gasteiger partial charge in [-0.2, -0.15) is 0 Å². The van der Waals surface area contributed by atoms with Crippen LogP contribution < -0.4 is 4.72 Å². The van der Waals surface area contributed by atoms with Gasteiger partial charge >= 0.3 is 0 Å². The van der Waals surface area contributed by atoms with Crippen molar-refractivity contribution in [3.05, 3.63) is 28.2 Å². The van der Waals surface area contributed by atoms with Gasteiger partial charge in [0.05, 0.1) is 21.5 Å². The summed E-state index contributed by atoms with van der Waals surface area (Å²) in [4.78, 5) is 13.6. The van der Waals surface area contributed by atoms with Gasteiger partial charge in [-0.15, -0.1) is 0 Å². The number of carbonyl (C=O) groups is 1. The summed E-state index contributed by atoms with van der Waals surface area (Å²) in [5.41, 5.74) is 0. The molecule has 8 heteroatoms. The summed E-state index contributed by atoms with van der Waals surface area (Å²) < 4.78 is 26.5. The molecule has 1 amide bonds. The first-order valence-electron chi connectivity index (χ1n) is 6.62. The number of piperidine rings is 1. The van der Waals surface area contributed by atoms with Crippen LogP contribution in [-0.4, -0.2) is 38.9 Å². The third kappa shape index (κ3) is 4.32. The number of rotatable bonds is 4. The van der Waals surface area contributed by atoms with Gasteiger partial charge in [-0.05, 0) is 37.5 Å². The van der Waals surface area contributed by atoms with Crippen LogP contribution in [0.15, 0.2) is 23.1 Å². The van der Waals surface area contributed by atoms with E-state index in [1.165, 1.54) is 18.2 Å². The molecule has 0 unspecified atom stereocenters. The molecule has 0 saturated carbocycles. The Kier molecular flexibility index (Phi) is 5.48. The van der Waals surface area contributed by atoms with Crippen LogP contribution in [0.4, 0.5) is 0 Å². The molecule has 1 N–H and O–H groups in total. The molecule has 1 aromatic rings. The van der Waals surface area contributed by atoms with E-state index in [-0.39, 0.29) is 27.4 Å². The number of hydrogen-bond donors (Lipinski definition) is 1. The van der Waals surface area contributed by atoms with Gasteiger partial charge in [-0.1, -0.05) is 23.2 Å². The minimum atomic E-state index is -3.77. The van der Waals surface area contributed by atoms with Crippen LogP contribution in [0.2, 0.25) is 10.0 Å². The second kappa shape index (κ2) is 6.96. The summed E-state index contributed by atoms with van der Waals surface area (Å²) in [7, 11) is -3.77. The number of halogens is 2. The summed E-state index contributed by atoms with van der Waals surface area (Å²) in [5.74, 6) is -0.210. The standard InChI is InChI=1S/C13H16Cl2N2O3S/c14-11-5-4-10(8-12(11)15)21(19,20)16-9-13(18)17-6-2-1-3-7-17/h4-5,8,16H,1-3,6-7,9H2. The van der Waals surface area contributed by atoms with Crippen LogP contribution in [-0.2, 0) is 14.8 Å². The first kappa shape index (κ1) is 16.5. The fourth-order valence-electron chi connectivity index (χ4n) is 2.14. The van der Waals surface area contributed by atoms with Crippen molar-refractivity contribution in [1.29, 1.82) is 0 Å². The third-order valence-electron chi connectivity index (χ3n) is 3.32. The SMILES string of the molecule is O=C(CNS(=O)(=O)c1ccc(Cl)c(Cl)c1)N1CCCCC1. The van der Waals surface area contributed by atoms with Crippen LogP contribution in [0.25, 0.3) is 0 Å². The summed E-state index contributed by atoms with van der Waals surface area (Å²) >= 11 is 11.6. The number of sulfonamides is 1. The summed E-state index contributed by atoms with van der Waals surface area (Å²) in [6.45, 7) is 1.13. The van der Waals surface area contributed by atoms with Crippen LogP contribution >= 0.6 is 23.2 Å². The maximum absolute atomic E-state index is 12.1. The Morgan fingerprint density at radius 1 is 1.14 bits per heavy atom. The van der Waals surface area contributed by atoms with Crippen molar-refractivity contribution in [3.8, 4) is 0 Å². The lowest BCUT2D eigenvalue weighted by molar-refractivity contribution is -0.130. The molecule has 0 spiro atoms. The minimum absolute atomic E-state index is 0.0108. The quantitative estimate of drug-likeness (QED) is 0.905. The third-order valence-corrected chi connectivity index (χ3v) is 5.46. The number of carbonyl (C=O) groups excluding carboxylic acids is 1. The number of benzene rings is 1. The topological polar surface area (TPSA) is 66.5 Å². The highest BCUT2D eigenvalue weighted by Gasteiger charge is 2.20. The number of amides is 1. The lowest BCUT2D eigenvalue weighted by Crippen LogP contribution is -2.42. The molecule has 1 aromatic carbocycles. The van der Waals surface area contributed by atoms with Crippen molar-refractivity contribution in [3.63, 3.8) is 0 Å². The second-order valence-electron chi connectivity index (χ2n) is 4.84. The second-order valence-corrected chi connectivity index (χ2v) is 7.42. The lowest BCUT2D eigenvalue weighted by Gasteiger charge is -2.26. The predicted octanol–water partition coefficient (Wildman–Crippen LogP) is 2.28. The molecule has 0 atom stereocenters. The van der Waals surface area contributed by atoms with Crippen LogP contribution in [0.5, 0.6) is 0 Å². The molecule has 116 valence electrons. The zero-order valence-electron chi connectivity index (χ0n) is 11.3. The maximum atomic E-state index is 12.1. The molecular formula is C13H16Cl2N2O3S. The number of nitrogens with zero attached hydrogens (tertiary/aromatic N) is 1. The van der Waals surface area contributed by atoms with E-state index in [0.29, 0.717) is 13.1 Å². The average molecular weight is 351 g/mol. The zero-order chi connectivity index (χ0) is 15.5. The van der Waals surface area contributed by atoms with Crippen LogP contribution in [0.1, 0.15) is 19.3 Å². The molecule has 0 bridgehead atoms. The van der Waals surface area contributed by atoms with Gasteiger partial charge in [0.2, 0.25) is 15.9 Å². The van der Waals surface area contributed by atoms with Crippen LogP contribution in [0, 0.1) is 0 Å². The van der Waals surface area contributed by atoms with Crippen molar-refractivity contribution in [1.82, 2.24) is 9.62 Å². The molecule has 1 fully saturated rings. The Hall–Kier alpha value is -0.820. The Morgan fingerprint density at radius 2 is 1.81 bits per heavy atom. The minimum Gasteiger partial charge on any atom is -0.342 e. The van der Waals surface area contributed by atoms with Crippen LogP contribution in [0.3, 0.4) is 0 Å². The predicted molar refractivity (Wildman–Crippen MR) is 82.1 cm³/mol. The zero-order valence-corrected chi connectivity index (χ0v) is 13.6. The monoisotopic (exact) mass is 350 g/mol. The molecule has 0 aliphatic carbocycles. The first-order valence-corrected chi connectivity index (χ1v) is 8.86. The summed E-state index contributed by atoms with van der Waals surface area (Å²) in [5, 5.41) is 0.432. The van der Waals surface area contributed by atoms with Crippen molar-refractivity contribution in [2.24, 2.45) is 0 Å². The lowest BCUT2D eigenvalue weighted by atomic mass is 10.1. The van der Waals surface area contributed by atoms with Crippen molar-refractivity contribution in [2.45, 2.75) is 24.2 Å². The highest BCUT2D eigenvalue weighted by atomic mass is 35.5. The molecule has 0 radical (unpaired) electrons. The number of likely N-dealkylation sites (tertiary alicyclic amines) is 1. The van der Waals surface area contributed by atoms with Crippen molar-refractivity contribution in [2.75, 3.05) is 19.6 Å². The van der Waals surface area contributed by atoms with E-state index in [4.69, 9.17) is 23.2 Å². The normalized spacial score (nSPS) is 16.0.